The second-order valence-electron chi connectivity index (χ2n) is 3.99. The Morgan fingerprint density at radius 2 is 1.95 bits per heavy atom. The third-order valence-electron chi connectivity index (χ3n) is 2.58. The number of nitriles is 1. The number of anilines is 1. The van der Waals surface area contributed by atoms with Crippen LogP contribution >= 0.6 is 0 Å². The van der Waals surface area contributed by atoms with Crippen LogP contribution in [0.1, 0.15) is 31.2 Å². The van der Waals surface area contributed by atoms with Gasteiger partial charge < -0.3 is 10.1 Å². The van der Waals surface area contributed by atoms with Crippen LogP contribution in [0, 0.1) is 11.3 Å². The molecule has 0 aromatic heterocycles. The van der Waals surface area contributed by atoms with Crippen molar-refractivity contribution in [3.8, 4) is 6.07 Å². The summed E-state index contributed by atoms with van der Waals surface area (Å²) in [5.74, 6) is -0.428. The highest BCUT2D eigenvalue weighted by atomic mass is 16.5. The normalized spacial score (nSPS) is 9.47. The average Bonchev–Trinajstić information content (AvgIpc) is 2.43. The van der Waals surface area contributed by atoms with E-state index in [-0.39, 0.29) is 11.9 Å². The van der Waals surface area contributed by atoms with Crippen molar-refractivity contribution in [3.05, 3.63) is 29.8 Å². The molecule has 0 unspecified atom stereocenters. The first-order chi connectivity index (χ1) is 9.17. The number of esters is 1. The number of benzene rings is 1. The maximum Gasteiger partial charge on any atom is 0.305 e. The molecule has 0 spiro atoms. The number of amides is 1. The molecule has 1 N–H and O–H groups in total. The van der Waals surface area contributed by atoms with E-state index in [0.29, 0.717) is 36.9 Å². The monoisotopic (exact) mass is 260 g/mol. The van der Waals surface area contributed by atoms with E-state index in [1.807, 2.05) is 6.07 Å². The molecule has 0 saturated carbocycles. The van der Waals surface area contributed by atoms with Gasteiger partial charge in [-0.1, -0.05) is 12.1 Å². The fourth-order valence-electron chi connectivity index (χ4n) is 1.56. The highest BCUT2D eigenvalue weighted by Gasteiger charge is 2.06. The molecule has 1 amide bonds. The van der Waals surface area contributed by atoms with Crippen molar-refractivity contribution in [2.45, 2.75) is 25.7 Å². The highest BCUT2D eigenvalue weighted by molar-refractivity contribution is 5.92. The average molecular weight is 260 g/mol. The molecule has 19 heavy (non-hydrogen) atoms. The number of para-hydroxylation sites is 1. The first kappa shape index (κ1) is 14.7. The number of hydrogen-bond donors (Lipinski definition) is 1. The number of unbranched alkanes of at least 4 members (excludes halogenated alkanes) is 1. The Kier molecular flexibility index (Phi) is 6.10. The molecule has 0 bridgehead atoms. The van der Waals surface area contributed by atoms with Gasteiger partial charge in [-0.2, -0.15) is 5.26 Å². The summed E-state index contributed by atoms with van der Waals surface area (Å²) in [5.41, 5.74) is 0.952. The van der Waals surface area contributed by atoms with Gasteiger partial charge in [-0.25, -0.2) is 0 Å². The smallest absolute Gasteiger partial charge is 0.305 e. The number of hydrogen-bond acceptors (Lipinski definition) is 4. The minimum absolute atomic E-state index is 0.160. The molecule has 5 nitrogen and oxygen atoms in total. The Morgan fingerprint density at radius 1 is 1.26 bits per heavy atom. The predicted octanol–water partition coefficient (Wildman–Crippen LogP) is 2.23. The molecule has 0 aliphatic carbocycles. The molecule has 0 heterocycles. The summed E-state index contributed by atoms with van der Waals surface area (Å²) in [7, 11) is 1.34. The Labute approximate surface area is 112 Å². The van der Waals surface area contributed by atoms with Crippen LogP contribution in [-0.4, -0.2) is 19.0 Å². The van der Waals surface area contributed by atoms with Gasteiger partial charge >= 0.3 is 5.97 Å². The first-order valence-electron chi connectivity index (χ1n) is 6.03. The van der Waals surface area contributed by atoms with E-state index in [2.05, 4.69) is 10.1 Å². The third kappa shape index (κ3) is 5.21. The van der Waals surface area contributed by atoms with Crippen molar-refractivity contribution in [1.82, 2.24) is 0 Å². The number of carbonyl (C=O) groups excluding carboxylic acids is 2. The number of methoxy groups -OCH3 is 1. The molecule has 0 saturated heterocycles. The van der Waals surface area contributed by atoms with Crippen LogP contribution in [0.2, 0.25) is 0 Å². The van der Waals surface area contributed by atoms with Crippen LogP contribution in [0.15, 0.2) is 24.3 Å². The third-order valence-corrected chi connectivity index (χ3v) is 2.58. The Bertz CT molecular complexity index is 492. The van der Waals surface area contributed by atoms with Gasteiger partial charge in [0.15, 0.2) is 0 Å². The molecule has 1 aromatic carbocycles. The molecule has 0 radical (unpaired) electrons. The summed E-state index contributed by atoms with van der Waals surface area (Å²) in [6, 6.07) is 8.84. The van der Waals surface area contributed by atoms with Crippen LogP contribution < -0.4 is 5.32 Å². The van der Waals surface area contributed by atoms with E-state index in [1.165, 1.54) is 7.11 Å². The fourth-order valence-corrected chi connectivity index (χ4v) is 1.56. The lowest BCUT2D eigenvalue weighted by Crippen LogP contribution is -2.12. The lowest BCUT2D eigenvalue weighted by atomic mass is 10.1. The summed E-state index contributed by atoms with van der Waals surface area (Å²) < 4.78 is 4.51. The number of carbonyl (C=O) groups is 2. The lowest BCUT2D eigenvalue weighted by Gasteiger charge is -2.06. The summed E-state index contributed by atoms with van der Waals surface area (Å²) >= 11 is 0. The van der Waals surface area contributed by atoms with E-state index in [1.54, 1.807) is 24.3 Å². The van der Waals surface area contributed by atoms with Crippen LogP contribution in [0.5, 0.6) is 0 Å². The van der Waals surface area contributed by atoms with Crippen molar-refractivity contribution in [3.63, 3.8) is 0 Å². The molecule has 0 atom stereocenters. The van der Waals surface area contributed by atoms with E-state index in [9.17, 15) is 9.59 Å². The Balaban J connectivity index is 2.36. The molecule has 5 heteroatoms. The second-order valence-corrected chi connectivity index (χ2v) is 3.99. The summed E-state index contributed by atoms with van der Waals surface area (Å²) in [4.78, 5) is 22.5. The predicted molar refractivity (Wildman–Crippen MR) is 70.3 cm³/mol. The zero-order valence-electron chi connectivity index (χ0n) is 10.8. The van der Waals surface area contributed by atoms with Crippen LogP contribution in [-0.2, 0) is 14.3 Å². The number of nitrogens with one attached hydrogen (secondary N) is 1. The minimum atomic E-state index is -0.268. The number of rotatable bonds is 6. The van der Waals surface area contributed by atoms with Gasteiger partial charge in [0.1, 0.15) is 6.07 Å². The highest BCUT2D eigenvalue weighted by Crippen LogP contribution is 2.14. The maximum absolute atomic E-state index is 11.7. The molecule has 0 aliphatic rings. The van der Waals surface area contributed by atoms with Crippen molar-refractivity contribution < 1.29 is 14.3 Å². The Morgan fingerprint density at radius 3 is 2.63 bits per heavy atom. The summed E-state index contributed by atoms with van der Waals surface area (Å²) in [6.07, 6.45) is 1.85. The molecule has 0 aliphatic heterocycles. The SMILES string of the molecule is COC(=O)CCCCC(=O)Nc1ccccc1C#N. The molecule has 1 aromatic rings. The van der Waals surface area contributed by atoms with Crippen LogP contribution in [0.3, 0.4) is 0 Å². The van der Waals surface area contributed by atoms with Gasteiger partial charge in [-0.05, 0) is 25.0 Å². The van der Waals surface area contributed by atoms with Crippen molar-refractivity contribution in [2.24, 2.45) is 0 Å². The fraction of sp³-hybridized carbons (Fsp3) is 0.357. The first-order valence-corrected chi connectivity index (χ1v) is 6.03. The van der Waals surface area contributed by atoms with Crippen molar-refractivity contribution in [2.75, 3.05) is 12.4 Å². The van der Waals surface area contributed by atoms with Gasteiger partial charge in [-0.15, -0.1) is 0 Å². The zero-order chi connectivity index (χ0) is 14.1. The van der Waals surface area contributed by atoms with E-state index < -0.39 is 0 Å². The van der Waals surface area contributed by atoms with Crippen molar-refractivity contribution >= 4 is 17.6 Å². The van der Waals surface area contributed by atoms with Gasteiger partial charge in [0.2, 0.25) is 5.91 Å². The largest absolute Gasteiger partial charge is 0.469 e. The molecular weight excluding hydrogens is 244 g/mol. The van der Waals surface area contributed by atoms with Crippen molar-refractivity contribution in [1.29, 1.82) is 5.26 Å². The number of ether oxygens (including phenoxy) is 1. The van der Waals surface area contributed by atoms with E-state index in [0.717, 1.165) is 0 Å². The number of nitrogens with zero attached hydrogens (tertiary/aromatic N) is 1. The molecule has 100 valence electrons. The van der Waals surface area contributed by atoms with E-state index in [4.69, 9.17) is 5.26 Å². The van der Waals surface area contributed by atoms with E-state index >= 15 is 0 Å². The van der Waals surface area contributed by atoms with Crippen LogP contribution in [0.25, 0.3) is 0 Å². The maximum atomic E-state index is 11.7. The van der Waals surface area contributed by atoms with Crippen LogP contribution in [0.4, 0.5) is 5.69 Å². The molecule has 0 fully saturated rings. The summed E-state index contributed by atoms with van der Waals surface area (Å²) in [6.45, 7) is 0. The second kappa shape index (κ2) is 7.88. The lowest BCUT2D eigenvalue weighted by molar-refractivity contribution is -0.140. The molecular formula is C14H16N2O3. The summed E-state index contributed by atoms with van der Waals surface area (Å²) in [5, 5.41) is 11.6. The molecule has 1 rings (SSSR count). The van der Waals surface area contributed by atoms with Gasteiger partial charge in [0.25, 0.3) is 0 Å². The van der Waals surface area contributed by atoms with Gasteiger partial charge in [0, 0.05) is 12.8 Å². The minimum Gasteiger partial charge on any atom is -0.469 e. The Hall–Kier alpha value is -2.35. The topological polar surface area (TPSA) is 79.2 Å². The zero-order valence-corrected chi connectivity index (χ0v) is 10.8. The van der Waals surface area contributed by atoms with Gasteiger partial charge in [-0.3, -0.25) is 9.59 Å². The quantitative estimate of drug-likeness (QED) is 0.628. The van der Waals surface area contributed by atoms with Gasteiger partial charge in [0.05, 0.1) is 18.4 Å². The standard InChI is InChI=1S/C14H16N2O3/c1-19-14(18)9-5-4-8-13(17)16-12-7-3-2-6-11(12)10-15/h2-3,6-7H,4-5,8-9H2,1H3,(H,16,17).